The molecule has 100 valence electrons. The van der Waals surface area contributed by atoms with Gasteiger partial charge >= 0.3 is 0 Å². The smallest absolute Gasteiger partial charge is 0.260 e. The molecule has 19 heavy (non-hydrogen) atoms. The zero-order valence-electron chi connectivity index (χ0n) is 11.1. The first-order chi connectivity index (χ1) is 9.22. The van der Waals surface area contributed by atoms with Crippen LogP contribution in [0.4, 0.5) is 0 Å². The summed E-state index contributed by atoms with van der Waals surface area (Å²) >= 11 is 0. The highest BCUT2D eigenvalue weighted by Gasteiger charge is 2.25. The topological polar surface area (TPSA) is 53.3 Å². The molecule has 0 spiro atoms. The van der Waals surface area contributed by atoms with Gasteiger partial charge in [0.15, 0.2) is 6.61 Å². The summed E-state index contributed by atoms with van der Waals surface area (Å²) in [5.74, 6) is 1.34. The van der Waals surface area contributed by atoms with Crippen LogP contribution in [0.25, 0.3) is 0 Å². The van der Waals surface area contributed by atoms with E-state index in [4.69, 9.17) is 10.00 Å². The van der Waals surface area contributed by atoms with Gasteiger partial charge in [-0.25, -0.2) is 0 Å². The van der Waals surface area contributed by atoms with Crippen LogP contribution >= 0.6 is 0 Å². The molecule has 4 nitrogen and oxygen atoms in total. The molecule has 0 aromatic heterocycles. The van der Waals surface area contributed by atoms with Gasteiger partial charge in [0, 0.05) is 13.1 Å². The second-order valence-electron chi connectivity index (χ2n) is 4.80. The van der Waals surface area contributed by atoms with E-state index in [1.807, 2.05) is 17.9 Å². The van der Waals surface area contributed by atoms with Gasteiger partial charge in [-0.1, -0.05) is 0 Å². The maximum Gasteiger partial charge on any atom is 0.260 e. The van der Waals surface area contributed by atoms with Crippen molar-refractivity contribution in [1.82, 2.24) is 4.90 Å². The Morgan fingerprint density at radius 2 is 2.11 bits per heavy atom. The van der Waals surface area contributed by atoms with Gasteiger partial charge in [-0.2, -0.15) is 5.26 Å². The average molecular weight is 258 g/mol. The molecule has 0 bridgehead atoms. The number of rotatable bonds is 6. The van der Waals surface area contributed by atoms with Crippen LogP contribution in [0.5, 0.6) is 5.75 Å². The van der Waals surface area contributed by atoms with Gasteiger partial charge in [0.25, 0.3) is 5.91 Å². The largest absolute Gasteiger partial charge is 0.484 e. The molecule has 1 aliphatic rings. The van der Waals surface area contributed by atoms with Crippen LogP contribution in [0, 0.1) is 17.2 Å². The summed E-state index contributed by atoms with van der Waals surface area (Å²) < 4.78 is 5.45. The molecule has 0 radical (unpaired) electrons. The Kier molecular flexibility index (Phi) is 4.40. The molecule has 4 heteroatoms. The lowest BCUT2D eigenvalue weighted by Gasteiger charge is -2.20. The summed E-state index contributed by atoms with van der Waals surface area (Å²) in [5.41, 5.74) is 0.586. The third-order valence-corrected chi connectivity index (χ3v) is 3.26. The summed E-state index contributed by atoms with van der Waals surface area (Å²) in [4.78, 5) is 13.8. The number of nitriles is 1. The first-order valence-electron chi connectivity index (χ1n) is 6.63. The van der Waals surface area contributed by atoms with Crippen molar-refractivity contribution in [2.75, 3.05) is 19.7 Å². The molecule has 1 aromatic carbocycles. The minimum Gasteiger partial charge on any atom is -0.484 e. The van der Waals surface area contributed by atoms with Crippen molar-refractivity contribution in [3.8, 4) is 11.8 Å². The average Bonchev–Trinajstić information content (AvgIpc) is 3.26. The second-order valence-corrected chi connectivity index (χ2v) is 4.80. The summed E-state index contributed by atoms with van der Waals surface area (Å²) in [5, 5.41) is 8.69. The predicted molar refractivity (Wildman–Crippen MR) is 71.6 cm³/mol. The highest BCUT2D eigenvalue weighted by atomic mass is 16.5. The van der Waals surface area contributed by atoms with E-state index >= 15 is 0 Å². The van der Waals surface area contributed by atoms with Crippen molar-refractivity contribution in [2.24, 2.45) is 5.92 Å². The van der Waals surface area contributed by atoms with Crippen molar-refractivity contribution in [3.63, 3.8) is 0 Å². The molecule has 2 rings (SSSR count). The SMILES string of the molecule is CCN(CC1CC1)C(=O)COc1ccc(C#N)cc1. The van der Waals surface area contributed by atoms with Gasteiger partial charge in [-0.05, 0) is 49.9 Å². The lowest BCUT2D eigenvalue weighted by molar-refractivity contribution is -0.133. The molecule has 0 heterocycles. The van der Waals surface area contributed by atoms with E-state index in [1.165, 1.54) is 12.8 Å². The van der Waals surface area contributed by atoms with Crippen LogP contribution in [-0.2, 0) is 4.79 Å². The summed E-state index contributed by atoms with van der Waals surface area (Å²) in [7, 11) is 0. The minimum absolute atomic E-state index is 0.0266. The maximum atomic E-state index is 12.0. The van der Waals surface area contributed by atoms with Crippen molar-refractivity contribution < 1.29 is 9.53 Å². The lowest BCUT2D eigenvalue weighted by Crippen LogP contribution is -2.36. The van der Waals surface area contributed by atoms with E-state index in [0.717, 1.165) is 13.1 Å². The van der Waals surface area contributed by atoms with Crippen LogP contribution in [0.15, 0.2) is 24.3 Å². The number of nitrogens with zero attached hydrogens (tertiary/aromatic N) is 2. The van der Waals surface area contributed by atoms with Crippen LogP contribution in [-0.4, -0.2) is 30.5 Å². The minimum atomic E-state index is 0.0266. The van der Waals surface area contributed by atoms with Gasteiger partial charge in [0.2, 0.25) is 0 Å². The monoisotopic (exact) mass is 258 g/mol. The van der Waals surface area contributed by atoms with E-state index in [2.05, 4.69) is 0 Å². The molecule has 0 saturated heterocycles. The predicted octanol–water partition coefficient (Wildman–Crippen LogP) is 2.20. The maximum absolute atomic E-state index is 12.0. The Morgan fingerprint density at radius 3 is 2.63 bits per heavy atom. The van der Waals surface area contributed by atoms with E-state index in [-0.39, 0.29) is 12.5 Å². The number of benzene rings is 1. The third-order valence-electron chi connectivity index (χ3n) is 3.26. The molecule has 0 atom stereocenters. The number of ether oxygens (including phenoxy) is 1. The first-order valence-corrected chi connectivity index (χ1v) is 6.63. The molecule has 0 N–H and O–H groups in total. The Hall–Kier alpha value is -2.02. The Morgan fingerprint density at radius 1 is 1.42 bits per heavy atom. The van der Waals surface area contributed by atoms with E-state index in [0.29, 0.717) is 17.2 Å². The second kappa shape index (κ2) is 6.24. The number of carbonyl (C=O) groups is 1. The van der Waals surface area contributed by atoms with Gasteiger partial charge in [0.1, 0.15) is 5.75 Å². The zero-order valence-corrected chi connectivity index (χ0v) is 11.1. The summed E-state index contributed by atoms with van der Waals surface area (Å²) in [6.07, 6.45) is 2.47. The van der Waals surface area contributed by atoms with Gasteiger partial charge in [0.05, 0.1) is 11.6 Å². The molecular formula is C15H18N2O2. The van der Waals surface area contributed by atoms with Gasteiger partial charge in [-0.3, -0.25) is 4.79 Å². The molecule has 1 saturated carbocycles. The van der Waals surface area contributed by atoms with Crippen LogP contribution in [0.1, 0.15) is 25.3 Å². The number of carbonyl (C=O) groups excluding carboxylic acids is 1. The Labute approximate surface area is 113 Å². The highest BCUT2D eigenvalue weighted by molar-refractivity contribution is 5.77. The Bertz CT molecular complexity index is 472. The van der Waals surface area contributed by atoms with E-state index in [9.17, 15) is 4.79 Å². The molecule has 0 unspecified atom stereocenters. The number of amides is 1. The summed E-state index contributed by atoms with van der Waals surface area (Å²) in [6, 6.07) is 8.83. The van der Waals surface area contributed by atoms with Crippen molar-refractivity contribution in [1.29, 1.82) is 5.26 Å². The molecule has 1 aliphatic carbocycles. The van der Waals surface area contributed by atoms with E-state index in [1.54, 1.807) is 24.3 Å². The Balaban J connectivity index is 1.82. The zero-order chi connectivity index (χ0) is 13.7. The number of likely N-dealkylation sites (N-methyl/N-ethyl adjacent to an activating group) is 1. The van der Waals surface area contributed by atoms with Crippen LogP contribution in [0.2, 0.25) is 0 Å². The molecule has 1 aromatic rings. The fourth-order valence-corrected chi connectivity index (χ4v) is 1.88. The van der Waals surface area contributed by atoms with Crippen molar-refractivity contribution in [3.05, 3.63) is 29.8 Å². The molecule has 1 amide bonds. The van der Waals surface area contributed by atoms with Gasteiger partial charge in [-0.15, -0.1) is 0 Å². The van der Waals surface area contributed by atoms with Crippen molar-refractivity contribution >= 4 is 5.91 Å². The van der Waals surface area contributed by atoms with Crippen LogP contribution < -0.4 is 4.74 Å². The first kappa shape index (κ1) is 13.4. The molecular weight excluding hydrogens is 240 g/mol. The van der Waals surface area contributed by atoms with E-state index < -0.39 is 0 Å². The standard InChI is InChI=1S/C15H18N2O2/c1-2-17(10-13-3-4-13)15(18)11-19-14-7-5-12(9-16)6-8-14/h5-8,13H,2-4,10-11H2,1H3. The fourth-order valence-electron chi connectivity index (χ4n) is 1.88. The normalized spacial score (nSPS) is 13.7. The third kappa shape index (κ3) is 3.99. The summed E-state index contributed by atoms with van der Waals surface area (Å²) in [6.45, 7) is 3.63. The van der Waals surface area contributed by atoms with Crippen molar-refractivity contribution in [2.45, 2.75) is 19.8 Å². The quantitative estimate of drug-likeness (QED) is 0.786. The van der Waals surface area contributed by atoms with Crippen LogP contribution in [0.3, 0.4) is 0 Å². The highest BCUT2D eigenvalue weighted by Crippen LogP contribution is 2.29. The van der Waals surface area contributed by atoms with Gasteiger partial charge < -0.3 is 9.64 Å². The number of hydrogen-bond donors (Lipinski definition) is 0. The lowest BCUT2D eigenvalue weighted by atomic mass is 10.2. The molecule has 1 fully saturated rings. The fraction of sp³-hybridized carbons (Fsp3) is 0.467. The number of hydrogen-bond acceptors (Lipinski definition) is 3. The molecule has 0 aliphatic heterocycles.